The summed E-state index contributed by atoms with van der Waals surface area (Å²) in [6.07, 6.45) is 3.93. The van der Waals surface area contributed by atoms with Crippen LogP contribution in [0.3, 0.4) is 0 Å². The van der Waals surface area contributed by atoms with Gasteiger partial charge in [0.05, 0.1) is 5.01 Å². The number of anilines is 1. The first-order valence-electron chi connectivity index (χ1n) is 3.69. The zero-order valence-electron chi connectivity index (χ0n) is 6.01. The molecule has 0 atom stereocenters. The number of hydrogen-bond acceptors (Lipinski definition) is 3. The third-order valence-electron chi connectivity index (χ3n) is 2.08. The van der Waals surface area contributed by atoms with Crippen molar-refractivity contribution in [1.29, 1.82) is 0 Å². The Labute approximate surface area is 78.0 Å². The van der Waals surface area contributed by atoms with Gasteiger partial charge in [-0.05, 0) is 28.8 Å². The monoisotopic (exact) mass is 232 g/mol. The largest absolute Gasteiger partial charge is 0.382 e. The fourth-order valence-electron chi connectivity index (χ4n) is 1.16. The molecular weight excluding hydrogens is 224 g/mol. The number of hydrogen-bond donors (Lipinski definition) is 1. The average molecular weight is 233 g/mol. The van der Waals surface area contributed by atoms with Crippen LogP contribution >= 0.6 is 27.3 Å². The SMILES string of the molecule is Nc1nc(C2CCC2)sc1Br. The van der Waals surface area contributed by atoms with Gasteiger partial charge in [-0.25, -0.2) is 4.98 Å². The van der Waals surface area contributed by atoms with Crippen molar-refractivity contribution in [2.45, 2.75) is 25.2 Å². The Balaban J connectivity index is 2.24. The van der Waals surface area contributed by atoms with Gasteiger partial charge in [-0.1, -0.05) is 6.42 Å². The predicted octanol–water partition coefficient (Wildman–Crippen LogP) is 2.76. The standard InChI is InChI=1S/C7H9BrN2S/c8-5-6(9)10-7(11-5)4-2-1-3-4/h4H,1-3,9H2. The Morgan fingerprint density at radius 2 is 2.27 bits per heavy atom. The van der Waals surface area contributed by atoms with Crippen molar-refractivity contribution in [1.82, 2.24) is 4.98 Å². The molecule has 11 heavy (non-hydrogen) atoms. The number of nitrogens with two attached hydrogens (primary N) is 1. The smallest absolute Gasteiger partial charge is 0.149 e. The number of thiazole rings is 1. The van der Waals surface area contributed by atoms with E-state index >= 15 is 0 Å². The molecule has 2 rings (SSSR count). The molecule has 0 spiro atoms. The van der Waals surface area contributed by atoms with E-state index in [2.05, 4.69) is 20.9 Å². The van der Waals surface area contributed by atoms with E-state index in [9.17, 15) is 0 Å². The van der Waals surface area contributed by atoms with Crippen molar-refractivity contribution in [3.8, 4) is 0 Å². The number of aromatic nitrogens is 1. The van der Waals surface area contributed by atoms with E-state index < -0.39 is 0 Å². The van der Waals surface area contributed by atoms with Crippen molar-refractivity contribution in [3.63, 3.8) is 0 Å². The zero-order valence-corrected chi connectivity index (χ0v) is 8.41. The van der Waals surface area contributed by atoms with Crippen LogP contribution in [-0.2, 0) is 0 Å². The van der Waals surface area contributed by atoms with E-state index in [1.165, 1.54) is 24.3 Å². The highest BCUT2D eigenvalue weighted by atomic mass is 79.9. The maximum Gasteiger partial charge on any atom is 0.149 e. The van der Waals surface area contributed by atoms with Crippen LogP contribution in [0.1, 0.15) is 30.2 Å². The molecule has 2 N–H and O–H groups in total. The normalized spacial score (nSPS) is 18.3. The lowest BCUT2D eigenvalue weighted by Crippen LogP contribution is -2.08. The molecule has 60 valence electrons. The second-order valence-electron chi connectivity index (χ2n) is 2.84. The number of nitrogen functional groups attached to an aromatic ring is 1. The molecule has 0 bridgehead atoms. The summed E-state index contributed by atoms with van der Waals surface area (Å²) in [5.41, 5.74) is 5.61. The fourth-order valence-corrected chi connectivity index (χ4v) is 2.63. The summed E-state index contributed by atoms with van der Waals surface area (Å²) in [4.78, 5) is 4.28. The molecule has 0 radical (unpaired) electrons. The van der Waals surface area contributed by atoms with Gasteiger partial charge >= 0.3 is 0 Å². The molecule has 1 aliphatic rings. The third-order valence-corrected chi connectivity index (χ3v) is 3.99. The van der Waals surface area contributed by atoms with Gasteiger partial charge in [-0.15, -0.1) is 11.3 Å². The molecule has 1 heterocycles. The van der Waals surface area contributed by atoms with E-state index in [-0.39, 0.29) is 0 Å². The molecule has 1 aliphatic carbocycles. The molecule has 0 aromatic carbocycles. The summed E-state index contributed by atoms with van der Waals surface area (Å²) in [7, 11) is 0. The van der Waals surface area contributed by atoms with Gasteiger partial charge in [-0.3, -0.25) is 0 Å². The van der Waals surface area contributed by atoms with Gasteiger partial charge in [-0.2, -0.15) is 0 Å². The summed E-state index contributed by atoms with van der Waals surface area (Å²) in [5.74, 6) is 1.35. The Morgan fingerprint density at radius 1 is 1.55 bits per heavy atom. The number of rotatable bonds is 1. The Hall–Kier alpha value is -0.0900. The first-order valence-corrected chi connectivity index (χ1v) is 5.30. The van der Waals surface area contributed by atoms with E-state index in [1.54, 1.807) is 11.3 Å². The van der Waals surface area contributed by atoms with Crippen molar-refractivity contribution >= 4 is 33.1 Å². The summed E-state index contributed by atoms with van der Waals surface area (Å²) in [6.45, 7) is 0. The second-order valence-corrected chi connectivity index (χ2v) is 5.19. The van der Waals surface area contributed by atoms with Gasteiger partial charge in [0, 0.05) is 5.92 Å². The molecule has 1 aromatic rings. The molecule has 4 heteroatoms. The molecule has 0 aliphatic heterocycles. The van der Waals surface area contributed by atoms with Gasteiger partial charge in [0.1, 0.15) is 9.60 Å². The van der Waals surface area contributed by atoms with Gasteiger partial charge in [0.2, 0.25) is 0 Å². The maximum atomic E-state index is 5.61. The summed E-state index contributed by atoms with van der Waals surface area (Å²) in [6, 6.07) is 0. The van der Waals surface area contributed by atoms with Crippen molar-refractivity contribution in [2.24, 2.45) is 0 Å². The molecule has 1 aromatic heterocycles. The lowest BCUT2D eigenvalue weighted by atomic mass is 9.86. The van der Waals surface area contributed by atoms with Crippen LogP contribution < -0.4 is 5.73 Å². The first-order chi connectivity index (χ1) is 5.27. The van der Waals surface area contributed by atoms with Crippen molar-refractivity contribution < 1.29 is 0 Å². The van der Waals surface area contributed by atoms with Crippen molar-refractivity contribution in [2.75, 3.05) is 5.73 Å². The second kappa shape index (κ2) is 2.75. The quantitative estimate of drug-likeness (QED) is 0.809. The molecule has 0 amide bonds. The van der Waals surface area contributed by atoms with Crippen LogP contribution in [0.4, 0.5) is 5.82 Å². The van der Waals surface area contributed by atoms with Crippen LogP contribution in [0.5, 0.6) is 0 Å². The van der Waals surface area contributed by atoms with Gasteiger partial charge < -0.3 is 5.73 Å². The molecule has 1 saturated carbocycles. The number of nitrogens with zero attached hydrogens (tertiary/aromatic N) is 1. The summed E-state index contributed by atoms with van der Waals surface area (Å²) >= 11 is 5.05. The lowest BCUT2D eigenvalue weighted by Gasteiger charge is -2.22. The van der Waals surface area contributed by atoms with Crippen molar-refractivity contribution in [3.05, 3.63) is 8.79 Å². The van der Waals surface area contributed by atoms with Gasteiger partial charge in [0.25, 0.3) is 0 Å². The van der Waals surface area contributed by atoms with E-state index in [1.807, 2.05) is 0 Å². The Kier molecular flexibility index (Phi) is 1.89. The van der Waals surface area contributed by atoms with Crippen LogP contribution in [0.25, 0.3) is 0 Å². The van der Waals surface area contributed by atoms with Crippen LogP contribution in [-0.4, -0.2) is 4.98 Å². The number of halogens is 1. The highest BCUT2D eigenvalue weighted by Crippen LogP contribution is 2.41. The average Bonchev–Trinajstić information content (AvgIpc) is 2.08. The van der Waals surface area contributed by atoms with Crippen LogP contribution in [0, 0.1) is 0 Å². The first kappa shape index (κ1) is 7.55. The highest BCUT2D eigenvalue weighted by molar-refractivity contribution is 9.11. The van der Waals surface area contributed by atoms with E-state index in [0.717, 1.165) is 3.79 Å². The van der Waals surface area contributed by atoms with Crippen LogP contribution in [0.2, 0.25) is 0 Å². The Bertz CT molecular complexity index is 248. The lowest BCUT2D eigenvalue weighted by molar-refractivity contribution is 0.418. The fraction of sp³-hybridized carbons (Fsp3) is 0.571. The van der Waals surface area contributed by atoms with Crippen LogP contribution in [0.15, 0.2) is 3.79 Å². The topological polar surface area (TPSA) is 38.9 Å². The maximum absolute atomic E-state index is 5.61. The third kappa shape index (κ3) is 1.29. The molecule has 2 nitrogen and oxygen atoms in total. The minimum absolute atomic E-state index is 0.650. The molecule has 0 unspecified atom stereocenters. The predicted molar refractivity (Wildman–Crippen MR) is 50.8 cm³/mol. The van der Waals surface area contributed by atoms with Gasteiger partial charge in [0.15, 0.2) is 0 Å². The summed E-state index contributed by atoms with van der Waals surface area (Å²) in [5, 5.41) is 1.21. The minimum atomic E-state index is 0.650. The summed E-state index contributed by atoms with van der Waals surface area (Å²) < 4.78 is 0.986. The van der Waals surface area contributed by atoms with E-state index in [4.69, 9.17) is 5.73 Å². The zero-order chi connectivity index (χ0) is 7.84. The molecular formula is C7H9BrN2S. The molecule has 1 fully saturated rings. The van der Waals surface area contributed by atoms with E-state index in [0.29, 0.717) is 11.7 Å². The minimum Gasteiger partial charge on any atom is -0.382 e. The molecule has 0 saturated heterocycles. The Morgan fingerprint density at radius 3 is 2.64 bits per heavy atom. The highest BCUT2D eigenvalue weighted by Gasteiger charge is 2.23.